The number of esters is 2. The highest BCUT2D eigenvalue weighted by Crippen LogP contribution is 2.14. The number of allylic oxidation sites excluding steroid dienone is 2. The molecule has 8 nitrogen and oxygen atoms in total. The van der Waals surface area contributed by atoms with E-state index in [9.17, 15) is 19.5 Å². The predicted molar refractivity (Wildman–Crippen MR) is 211 cm³/mol. The monoisotopic (exact) mass is 725 g/mol. The van der Waals surface area contributed by atoms with Crippen molar-refractivity contribution in [3.63, 3.8) is 0 Å². The first-order valence-electron chi connectivity index (χ1n) is 21.2. The molecule has 0 aliphatic heterocycles. The van der Waals surface area contributed by atoms with Crippen LogP contribution in [0.3, 0.4) is 0 Å². The Labute approximate surface area is 314 Å². The molecular weight excluding hydrogens is 642 g/mol. The zero-order valence-electron chi connectivity index (χ0n) is 34.1. The quantitative estimate of drug-likeness (QED) is 0.0293. The molecule has 0 spiro atoms. The van der Waals surface area contributed by atoms with Gasteiger partial charge in [-0.3, -0.25) is 9.59 Å². The van der Waals surface area contributed by atoms with Crippen LogP contribution in [0.25, 0.3) is 0 Å². The standard InChI is InChI=1S/C43H81NO7/c1-6-8-10-12-14-16-18-19-20-21-22-23-24-26-27-29-31-33-41(45)50-38-39(37-49-36-35-40(43(47)48)44(3,4)5)51-42(46)34-32-30-28-25-17-15-13-11-9-7-2/h19-20,39-40H,6-18,21-38H2,1-5H3/p+1/b20-19+. The molecule has 0 radical (unpaired) electrons. The first kappa shape index (κ1) is 49.1. The van der Waals surface area contributed by atoms with E-state index in [4.69, 9.17) is 14.2 Å². The van der Waals surface area contributed by atoms with Gasteiger partial charge in [-0.05, 0) is 38.5 Å². The minimum absolute atomic E-state index is 0.0479. The molecule has 300 valence electrons. The van der Waals surface area contributed by atoms with Gasteiger partial charge in [0, 0.05) is 19.3 Å². The minimum Gasteiger partial charge on any atom is -0.477 e. The van der Waals surface area contributed by atoms with Crippen LogP contribution in [0.5, 0.6) is 0 Å². The number of rotatable bonds is 38. The van der Waals surface area contributed by atoms with E-state index in [-0.39, 0.29) is 36.2 Å². The number of unbranched alkanes of at least 4 members (excludes halogenated alkanes) is 22. The lowest BCUT2D eigenvalue weighted by molar-refractivity contribution is -0.887. The Balaban J connectivity index is 4.30. The van der Waals surface area contributed by atoms with Crippen molar-refractivity contribution in [3.05, 3.63) is 12.2 Å². The van der Waals surface area contributed by atoms with Crippen molar-refractivity contribution >= 4 is 17.9 Å². The van der Waals surface area contributed by atoms with Crippen molar-refractivity contribution in [1.29, 1.82) is 0 Å². The van der Waals surface area contributed by atoms with Crippen LogP contribution in [0.4, 0.5) is 0 Å². The van der Waals surface area contributed by atoms with Crippen LogP contribution < -0.4 is 0 Å². The van der Waals surface area contributed by atoms with E-state index in [1.54, 1.807) is 0 Å². The Morgan fingerprint density at radius 2 is 0.980 bits per heavy atom. The molecule has 0 aromatic heterocycles. The molecule has 0 fully saturated rings. The number of quaternary nitrogens is 1. The fourth-order valence-corrected chi connectivity index (χ4v) is 6.32. The van der Waals surface area contributed by atoms with Crippen molar-refractivity contribution in [2.24, 2.45) is 0 Å². The molecule has 0 aliphatic carbocycles. The first-order valence-corrected chi connectivity index (χ1v) is 21.2. The number of nitrogens with zero attached hydrogens (tertiary/aromatic N) is 1. The molecule has 0 aromatic carbocycles. The SMILES string of the molecule is CCCCCCCC/C=C/CCCCCCCCCC(=O)OCC(COCCC(C(=O)O)[N+](C)(C)C)OC(=O)CCCCCCCCCCCC. The molecule has 0 rings (SSSR count). The average molecular weight is 725 g/mol. The van der Waals surface area contributed by atoms with Crippen molar-refractivity contribution in [2.45, 2.75) is 206 Å². The van der Waals surface area contributed by atoms with Crippen LogP contribution in [0.15, 0.2) is 12.2 Å². The molecule has 0 amide bonds. The van der Waals surface area contributed by atoms with Crippen LogP contribution in [-0.2, 0) is 28.6 Å². The Hall–Kier alpha value is -1.93. The third-order valence-corrected chi connectivity index (χ3v) is 9.66. The summed E-state index contributed by atoms with van der Waals surface area (Å²) in [5, 5.41) is 9.59. The molecule has 0 saturated carbocycles. The van der Waals surface area contributed by atoms with E-state index in [1.807, 2.05) is 21.1 Å². The van der Waals surface area contributed by atoms with Gasteiger partial charge in [-0.1, -0.05) is 148 Å². The Morgan fingerprint density at radius 1 is 0.569 bits per heavy atom. The molecule has 0 heterocycles. The highest BCUT2D eigenvalue weighted by molar-refractivity contribution is 5.72. The summed E-state index contributed by atoms with van der Waals surface area (Å²) in [5.74, 6) is -1.46. The average Bonchev–Trinajstić information content (AvgIpc) is 3.08. The van der Waals surface area contributed by atoms with Crippen molar-refractivity contribution in [2.75, 3.05) is 41.0 Å². The summed E-state index contributed by atoms with van der Waals surface area (Å²) < 4.78 is 17.2. The molecule has 0 saturated heterocycles. The Bertz CT molecular complexity index is 854. The van der Waals surface area contributed by atoms with Crippen molar-refractivity contribution in [3.8, 4) is 0 Å². The van der Waals surface area contributed by atoms with Gasteiger partial charge in [0.1, 0.15) is 6.61 Å². The second-order valence-corrected chi connectivity index (χ2v) is 15.6. The summed E-state index contributed by atoms with van der Waals surface area (Å²) in [4.78, 5) is 36.8. The second-order valence-electron chi connectivity index (χ2n) is 15.6. The number of hydrogen-bond acceptors (Lipinski definition) is 6. The summed E-state index contributed by atoms with van der Waals surface area (Å²) in [6.45, 7) is 4.73. The van der Waals surface area contributed by atoms with E-state index in [1.165, 1.54) is 122 Å². The fraction of sp³-hybridized carbons (Fsp3) is 0.884. The third kappa shape index (κ3) is 33.6. The van der Waals surface area contributed by atoms with Gasteiger partial charge in [0.15, 0.2) is 12.1 Å². The van der Waals surface area contributed by atoms with Gasteiger partial charge in [0.2, 0.25) is 0 Å². The maximum atomic E-state index is 12.6. The Kier molecular flexibility index (Phi) is 33.8. The number of hydrogen-bond donors (Lipinski definition) is 1. The number of carbonyl (C=O) groups excluding carboxylic acids is 2. The molecule has 2 unspecified atom stereocenters. The molecule has 2 atom stereocenters. The maximum Gasteiger partial charge on any atom is 0.362 e. The van der Waals surface area contributed by atoms with Gasteiger partial charge in [0.25, 0.3) is 0 Å². The summed E-state index contributed by atoms with van der Waals surface area (Å²) in [6.07, 6.45) is 35.3. The first-order chi connectivity index (χ1) is 24.6. The summed E-state index contributed by atoms with van der Waals surface area (Å²) in [7, 11) is 5.52. The highest BCUT2D eigenvalue weighted by Gasteiger charge is 2.31. The largest absolute Gasteiger partial charge is 0.477 e. The zero-order valence-corrected chi connectivity index (χ0v) is 34.1. The van der Waals surface area contributed by atoms with E-state index < -0.39 is 18.1 Å². The Morgan fingerprint density at radius 3 is 1.41 bits per heavy atom. The lowest BCUT2D eigenvalue weighted by Gasteiger charge is -2.31. The predicted octanol–water partition coefficient (Wildman–Crippen LogP) is 11.1. The topological polar surface area (TPSA) is 99.1 Å². The number of ether oxygens (including phenoxy) is 3. The lowest BCUT2D eigenvalue weighted by atomic mass is 10.1. The molecule has 0 aliphatic rings. The van der Waals surface area contributed by atoms with E-state index in [2.05, 4.69) is 26.0 Å². The molecule has 0 aromatic rings. The van der Waals surface area contributed by atoms with Crippen LogP contribution >= 0.6 is 0 Å². The van der Waals surface area contributed by atoms with Gasteiger partial charge in [0.05, 0.1) is 34.4 Å². The minimum atomic E-state index is -0.874. The number of aliphatic carboxylic acids is 1. The van der Waals surface area contributed by atoms with E-state index >= 15 is 0 Å². The van der Waals surface area contributed by atoms with Gasteiger partial charge < -0.3 is 23.8 Å². The molecule has 0 bridgehead atoms. The van der Waals surface area contributed by atoms with Gasteiger partial charge in [-0.25, -0.2) is 4.79 Å². The third-order valence-electron chi connectivity index (χ3n) is 9.66. The van der Waals surface area contributed by atoms with Crippen LogP contribution in [0.2, 0.25) is 0 Å². The maximum absolute atomic E-state index is 12.6. The van der Waals surface area contributed by atoms with Crippen LogP contribution in [-0.4, -0.2) is 80.6 Å². The van der Waals surface area contributed by atoms with Crippen molar-refractivity contribution in [1.82, 2.24) is 0 Å². The number of likely N-dealkylation sites (N-methyl/N-ethyl adjacent to an activating group) is 1. The highest BCUT2D eigenvalue weighted by atomic mass is 16.6. The van der Waals surface area contributed by atoms with E-state index in [0.717, 1.165) is 38.5 Å². The lowest BCUT2D eigenvalue weighted by Crippen LogP contribution is -2.50. The molecule has 8 heteroatoms. The molecule has 1 N–H and O–H groups in total. The van der Waals surface area contributed by atoms with Gasteiger partial charge in [-0.15, -0.1) is 0 Å². The molecule has 51 heavy (non-hydrogen) atoms. The summed E-state index contributed by atoms with van der Waals surface area (Å²) in [5.41, 5.74) is 0. The number of carboxylic acid groups (broad SMARTS) is 1. The summed E-state index contributed by atoms with van der Waals surface area (Å²) in [6, 6.07) is -0.609. The van der Waals surface area contributed by atoms with Crippen LogP contribution in [0, 0.1) is 0 Å². The smallest absolute Gasteiger partial charge is 0.362 e. The summed E-state index contributed by atoms with van der Waals surface area (Å²) >= 11 is 0. The van der Waals surface area contributed by atoms with Crippen LogP contribution in [0.1, 0.15) is 194 Å². The van der Waals surface area contributed by atoms with E-state index in [0.29, 0.717) is 19.3 Å². The van der Waals surface area contributed by atoms with Crippen molar-refractivity contribution < 1.29 is 38.2 Å². The number of carbonyl (C=O) groups is 3. The fourth-order valence-electron chi connectivity index (χ4n) is 6.32. The number of carboxylic acids is 1. The second kappa shape index (κ2) is 35.1. The molecular formula is C43H82NO7+. The zero-order chi connectivity index (χ0) is 37.8. The van der Waals surface area contributed by atoms with Gasteiger partial charge >= 0.3 is 17.9 Å². The normalized spacial score (nSPS) is 13.0. The van der Waals surface area contributed by atoms with Gasteiger partial charge in [-0.2, -0.15) is 0 Å².